The first kappa shape index (κ1) is 19.5. The number of carbonyl (C=O) groups excluding carboxylic acids is 1. The average Bonchev–Trinajstić information content (AvgIpc) is 2.62. The highest BCUT2D eigenvalue weighted by Gasteiger charge is 2.41. The molecule has 0 aromatic heterocycles. The van der Waals surface area contributed by atoms with Crippen molar-refractivity contribution in [2.24, 2.45) is 0 Å². The summed E-state index contributed by atoms with van der Waals surface area (Å²) < 4.78 is 0.928. The van der Waals surface area contributed by atoms with Crippen molar-refractivity contribution in [3.05, 3.63) is 34.7 Å². The molecule has 1 N–H and O–H groups in total. The maximum absolute atomic E-state index is 13.2. The van der Waals surface area contributed by atoms with Crippen molar-refractivity contribution >= 4 is 17.3 Å². The van der Waals surface area contributed by atoms with Gasteiger partial charge in [-0.3, -0.25) is 4.79 Å². The number of benzene rings is 1. The standard InChI is InChI=1S/C21H31N3O/c1-6-11-19(24(7-2)12-9-8-10-13-24)21(25)23-20-16(3)14-18(22-5)15-17(20)4/h14-15,19H,6-13H2,1-4H3/p+1. The maximum atomic E-state index is 13.2. The van der Waals surface area contributed by atoms with Gasteiger partial charge in [0.1, 0.15) is 0 Å². The van der Waals surface area contributed by atoms with Crippen LogP contribution < -0.4 is 5.32 Å². The molecule has 0 aliphatic carbocycles. The zero-order valence-electron chi connectivity index (χ0n) is 16.2. The molecule has 25 heavy (non-hydrogen) atoms. The summed E-state index contributed by atoms with van der Waals surface area (Å²) in [6, 6.07) is 3.74. The number of likely N-dealkylation sites (N-methyl/N-ethyl adjacent to an activating group) is 1. The Labute approximate surface area is 152 Å². The van der Waals surface area contributed by atoms with E-state index in [0.29, 0.717) is 5.69 Å². The lowest BCUT2D eigenvalue weighted by Crippen LogP contribution is -2.61. The number of likely N-dealkylation sites (tertiary alicyclic amines) is 1. The Kier molecular flexibility index (Phi) is 6.61. The Balaban J connectivity index is 2.28. The summed E-state index contributed by atoms with van der Waals surface area (Å²) in [5.41, 5.74) is 3.45. The summed E-state index contributed by atoms with van der Waals surface area (Å²) in [4.78, 5) is 16.7. The van der Waals surface area contributed by atoms with Gasteiger partial charge in [-0.05, 0) is 57.6 Å². The molecular formula is C21H32N3O+. The van der Waals surface area contributed by atoms with E-state index in [-0.39, 0.29) is 11.9 Å². The molecule has 1 amide bonds. The Morgan fingerprint density at radius 1 is 1.20 bits per heavy atom. The summed E-state index contributed by atoms with van der Waals surface area (Å²) >= 11 is 0. The minimum absolute atomic E-state index is 0.0228. The second kappa shape index (κ2) is 8.49. The van der Waals surface area contributed by atoms with E-state index < -0.39 is 0 Å². The fourth-order valence-corrected chi connectivity index (χ4v) is 4.33. The number of nitrogens with one attached hydrogen (secondary N) is 1. The van der Waals surface area contributed by atoms with Crippen molar-refractivity contribution in [3.8, 4) is 0 Å². The second-order valence-corrected chi connectivity index (χ2v) is 7.40. The van der Waals surface area contributed by atoms with Gasteiger partial charge in [0.2, 0.25) is 0 Å². The Hall–Kier alpha value is -1.86. The second-order valence-electron chi connectivity index (χ2n) is 7.40. The fraction of sp³-hybridized carbons (Fsp3) is 0.619. The summed E-state index contributed by atoms with van der Waals surface area (Å²) in [7, 11) is 0. The molecule has 1 aromatic carbocycles. The molecule has 0 bridgehead atoms. The smallest absolute Gasteiger partial charge is 0.282 e. The highest BCUT2D eigenvalue weighted by atomic mass is 16.2. The number of carbonyl (C=O) groups is 1. The van der Waals surface area contributed by atoms with Crippen molar-refractivity contribution in [2.75, 3.05) is 25.0 Å². The van der Waals surface area contributed by atoms with Crippen molar-refractivity contribution < 1.29 is 9.28 Å². The molecule has 4 nitrogen and oxygen atoms in total. The molecule has 1 fully saturated rings. The van der Waals surface area contributed by atoms with Gasteiger partial charge >= 0.3 is 0 Å². The van der Waals surface area contributed by atoms with E-state index in [4.69, 9.17) is 6.57 Å². The number of piperidine rings is 1. The monoisotopic (exact) mass is 342 g/mol. The number of nitrogens with zero attached hydrogens (tertiary/aromatic N) is 2. The van der Waals surface area contributed by atoms with E-state index in [1.165, 1.54) is 19.3 Å². The molecule has 1 aliphatic rings. The third kappa shape index (κ3) is 4.22. The van der Waals surface area contributed by atoms with E-state index in [0.717, 1.165) is 53.8 Å². The van der Waals surface area contributed by atoms with Crippen LogP contribution in [-0.4, -0.2) is 36.1 Å². The predicted octanol–water partition coefficient (Wildman–Crippen LogP) is 4.98. The van der Waals surface area contributed by atoms with Crippen molar-refractivity contribution in [1.29, 1.82) is 0 Å². The van der Waals surface area contributed by atoms with Crippen LogP contribution in [0, 0.1) is 20.4 Å². The van der Waals surface area contributed by atoms with Gasteiger partial charge in [0.25, 0.3) is 5.91 Å². The third-order valence-corrected chi connectivity index (χ3v) is 5.76. The van der Waals surface area contributed by atoms with E-state index in [1.807, 2.05) is 26.0 Å². The fourth-order valence-electron chi connectivity index (χ4n) is 4.33. The van der Waals surface area contributed by atoms with Crippen LogP contribution in [0.25, 0.3) is 4.85 Å². The molecule has 136 valence electrons. The molecule has 0 radical (unpaired) electrons. The molecule has 1 saturated heterocycles. The summed E-state index contributed by atoms with van der Waals surface area (Å²) in [5, 5.41) is 3.21. The number of rotatable bonds is 6. The van der Waals surface area contributed by atoms with Gasteiger partial charge < -0.3 is 9.80 Å². The lowest BCUT2D eigenvalue weighted by atomic mass is 9.98. The number of hydrogen-bond donors (Lipinski definition) is 1. The first-order valence-corrected chi connectivity index (χ1v) is 9.62. The van der Waals surface area contributed by atoms with Crippen molar-refractivity contribution in [3.63, 3.8) is 0 Å². The van der Waals surface area contributed by atoms with Crippen molar-refractivity contribution in [1.82, 2.24) is 0 Å². The number of aryl methyl sites for hydroxylation is 2. The van der Waals surface area contributed by atoms with Gasteiger partial charge in [-0.25, -0.2) is 4.85 Å². The highest BCUT2D eigenvalue weighted by molar-refractivity contribution is 5.95. The molecule has 1 aliphatic heterocycles. The first-order valence-electron chi connectivity index (χ1n) is 9.62. The SMILES string of the molecule is [C-]#[N+]c1cc(C)c(NC(=O)C(CCC)[N+]2(CC)CCCCC2)c(C)c1. The van der Waals surface area contributed by atoms with Crippen LogP contribution in [0.5, 0.6) is 0 Å². The summed E-state index contributed by atoms with van der Waals surface area (Å²) in [6.45, 7) is 18.8. The number of hydrogen-bond acceptors (Lipinski definition) is 1. The molecule has 1 atom stereocenters. The minimum atomic E-state index is 0.0228. The maximum Gasteiger partial charge on any atom is 0.282 e. The Bertz CT molecular complexity index is 631. The summed E-state index contributed by atoms with van der Waals surface area (Å²) in [5.74, 6) is 0.146. The van der Waals surface area contributed by atoms with E-state index in [1.54, 1.807) is 0 Å². The summed E-state index contributed by atoms with van der Waals surface area (Å²) in [6.07, 6.45) is 5.68. The van der Waals surface area contributed by atoms with Gasteiger partial charge in [0, 0.05) is 12.1 Å². The molecule has 1 unspecified atom stereocenters. The Morgan fingerprint density at radius 3 is 2.28 bits per heavy atom. The van der Waals surface area contributed by atoms with Crippen LogP contribution in [0.15, 0.2) is 12.1 Å². The number of quaternary nitrogens is 1. The lowest BCUT2D eigenvalue weighted by molar-refractivity contribution is -0.945. The van der Waals surface area contributed by atoms with E-state index in [9.17, 15) is 4.79 Å². The molecule has 1 aromatic rings. The lowest BCUT2D eigenvalue weighted by Gasteiger charge is -2.46. The quantitative estimate of drug-likeness (QED) is 0.574. The molecule has 0 spiro atoms. The molecular weight excluding hydrogens is 310 g/mol. The van der Waals surface area contributed by atoms with Crippen LogP contribution in [-0.2, 0) is 4.79 Å². The van der Waals surface area contributed by atoms with Gasteiger partial charge in [0.05, 0.1) is 26.2 Å². The molecule has 0 saturated carbocycles. The van der Waals surface area contributed by atoms with Gasteiger partial charge in [-0.2, -0.15) is 0 Å². The topological polar surface area (TPSA) is 33.5 Å². The van der Waals surface area contributed by atoms with Gasteiger partial charge in [-0.1, -0.05) is 19.1 Å². The van der Waals surface area contributed by atoms with Gasteiger partial charge in [0.15, 0.2) is 11.7 Å². The number of amides is 1. The largest absolute Gasteiger partial charge is 0.321 e. The van der Waals surface area contributed by atoms with Gasteiger partial charge in [-0.15, -0.1) is 0 Å². The van der Waals surface area contributed by atoms with Crippen LogP contribution >= 0.6 is 0 Å². The van der Waals surface area contributed by atoms with Crippen LogP contribution in [0.2, 0.25) is 0 Å². The zero-order chi connectivity index (χ0) is 18.4. The molecule has 4 heteroatoms. The van der Waals surface area contributed by atoms with Crippen LogP contribution in [0.4, 0.5) is 11.4 Å². The van der Waals surface area contributed by atoms with Crippen molar-refractivity contribution in [2.45, 2.75) is 65.8 Å². The van der Waals surface area contributed by atoms with Crippen LogP contribution in [0.3, 0.4) is 0 Å². The first-order chi connectivity index (χ1) is 12.0. The Morgan fingerprint density at radius 2 is 1.80 bits per heavy atom. The number of anilines is 1. The minimum Gasteiger partial charge on any atom is -0.321 e. The highest BCUT2D eigenvalue weighted by Crippen LogP contribution is 2.30. The third-order valence-electron chi connectivity index (χ3n) is 5.76. The predicted molar refractivity (Wildman–Crippen MR) is 104 cm³/mol. The molecule has 2 rings (SSSR count). The van der Waals surface area contributed by atoms with E-state index in [2.05, 4.69) is 24.0 Å². The average molecular weight is 343 g/mol. The zero-order valence-corrected chi connectivity index (χ0v) is 16.2. The van der Waals surface area contributed by atoms with Crippen LogP contribution in [0.1, 0.15) is 57.1 Å². The molecule has 1 heterocycles. The van der Waals surface area contributed by atoms with E-state index >= 15 is 0 Å². The normalized spacial score (nSPS) is 17.6.